The van der Waals surface area contributed by atoms with Crippen LogP contribution in [0.25, 0.3) is 0 Å². The highest BCUT2D eigenvalue weighted by Crippen LogP contribution is 2.45. The van der Waals surface area contributed by atoms with Crippen molar-refractivity contribution in [3.63, 3.8) is 0 Å². The predicted octanol–water partition coefficient (Wildman–Crippen LogP) is 8.93. The van der Waals surface area contributed by atoms with E-state index in [4.69, 9.17) is 0 Å². The Labute approximate surface area is 198 Å². The molecule has 180 valence electrons. The first-order chi connectivity index (χ1) is 15.7. The predicted molar refractivity (Wildman–Crippen MR) is 137 cm³/mol. The van der Waals surface area contributed by atoms with E-state index >= 15 is 0 Å². The van der Waals surface area contributed by atoms with Gasteiger partial charge < -0.3 is 5.11 Å². The average Bonchev–Trinajstić information content (AvgIpc) is 2.85. The third kappa shape index (κ3) is 6.19. The molecule has 3 fully saturated rings. The van der Waals surface area contributed by atoms with Crippen molar-refractivity contribution in [1.82, 2.24) is 0 Å². The molecule has 0 saturated heterocycles. The maximum Gasteiger partial charge on any atom is 0.0540 e. The van der Waals surface area contributed by atoms with E-state index in [1.165, 1.54) is 89.9 Å². The van der Waals surface area contributed by atoms with Crippen LogP contribution in [0.5, 0.6) is 0 Å². The third-order valence-electron chi connectivity index (χ3n) is 9.70. The van der Waals surface area contributed by atoms with Crippen LogP contribution in [0.1, 0.15) is 145 Å². The van der Waals surface area contributed by atoms with Crippen LogP contribution in [-0.2, 0) is 6.42 Å². The van der Waals surface area contributed by atoms with Crippen molar-refractivity contribution in [1.29, 1.82) is 0 Å². The Morgan fingerprint density at radius 2 is 1.34 bits per heavy atom. The van der Waals surface area contributed by atoms with Crippen molar-refractivity contribution < 1.29 is 5.11 Å². The molecule has 0 heterocycles. The highest BCUT2D eigenvalue weighted by molar-refractivity contribution is 5.36. The molecular weight excluding hydrogens is 388 g/mol. The van der Waals surface area contributed by atoms with Crippen LogP contribution in [0.3, 0.4) is 0 Å². The summed E-state index contributed by atoms with van der Waals surface area (Å²) in [5, 5.41) is 9.89. The number of aliphatic hydroxyl groups excluding tert-OH is 1. The lowest BCUT2D eigenvalue weighted by atomic mass is 9.67. The Hall–Kier alpha value is -0.820. The lowest BCUT2D eigenvalue weighted by molar-refractivity contribution is 0.122. The number of hydrogen-bond donors (Lipinski definition) is 1. The van der Waals surface area contributed by atoms with Gasteiger partial charge in [-0.1, -0.05) is 70.6 Å². The molecule has 0 atom stereocenters. The van der Waals surface area contributed by atoms with Gasteiger partial charge in [-0.25, -0.2) is 0 Å². The first kappa shape index (κ1) is 24.3. The molecule has 0 bridgehead atoms. The number of benzene rings is 1. The summed E-state index contributed by atoms with van der Waals surface area (Å²) in [6.07, 6.45) is 23.1. The van der Waals surface area contributed by atoms with Gasteiger partial charge in [0.25, 0.3) is 0 Å². The average molecular weight is 439 g/mol. The van der Waals surface area contributed by atoms with E-state index in [0.717, 1.165) is 42.9 Å². The van der Waals surface area contributed by atoms with Gasteiger partial charge in [0.15, 0.2) is 0 Å². The monoisotopic (exact) mass is 438 g/mol. The van der Waals surface area contributed by atoms with Gasteiger partial charge >= 0.3 is 0 Å². The minimum absolute atomic E-state index is 0.0538. The summed E-state index contributed by atoms with van der Waals surface area (Å²) in [5.74, 6) is 4.57. The summed E-state index contributed by atoms with van der Waals surface area (Å²) < 4.78 is 0. The Bertz CT molecular complexity index is 670. The Morgan fingerprint density at radius 3 is 1.97 bits per heavy atom. The Morgan fingerprint density at radius 1 is 0.719 bits per heavy atom. The van der Waals surface area contributed by atoms with E-state index in [9.17, 15) is 5.11 Å². The normalized spacial score (nSPS) is 33.8. The maximum absolute atomic E-state index is 9.89. The summed E-state index contributed by atoms with van der Waals surface area (Å²) in [6.45, 7) is 4.66. The second kappa shape index (κ2) is 12.0. The Balaban J connectivity index is 1.27. The van der Waals surface area contributed by atoms with Crippen LogP contribution in [-0.4, -0.2) is 11.2 Å². The van der Waals surface area contributed by atoms with E-state index in [1.807, 2.05) is 0 Å². The minimum Gasteiger partial charge on any atom is -0.393 e. The van der Waals surface area contributed by atoms with Crippen molar-refractivity contribution in [2.45, 2.75) is 141 Å². The van der Waals surface area contributed by atoms with E-state index in [0.29, 0.717) is 5.92 Å². The first-order valence-electron chi connectivity index (χ1n) is 14.5. The molecule has 0 amide bonds. The van der Waals surface area contributed by atoms with E-state index in [1.54, 1.807) is 16.7 Å². The molecular formula is C31H50O. The summed E-state index contributed by atoms with van der Waals surface area (Å²) in [7, 11) is 0. The zero-order valence-electron chi connectivity index (χ0n) is 21.2. The zero-order valence-corrected chi connectivity index (χ0v) is 21.2. The number of rotatable bonds is 8. The highest BCUT2D eigenvalue weighted by Gasteiger charge is 2.31. The van der Waals surface area contributed by atoms with Crippen molar-refractivity contribution >= 4 is 0 Å². The molecule has 0 radical (unpaired) electrons. The second-order valence-corrected chi connectivity index (χ2v) is 11.7. The number of aryl methyl sites for hydroxylation is 1. The van der Waals surface area contributed by atoms with E-state index < -0.39 is 0 Å². The van der Waals surface area contributed by atoms with Crippen molar-refractivity contribution in [3.8, 4) is 0 Å². The smallest absolute Gasteiger partial charge is 0.0540 e. The molecule has 1 aromatic carbocycles. The van der Waals surface area contributed by atoms with Crippen LogP contribution in [0, 0.1) is 17.8 Å². The molecule has 4 rings (SSSR count). The highest BCUT2D eigenvalue weighted by atomic mass is 16.3. The topological polar surface area (TPSA) is 20.2 Å². The van der Waals surface area contributed by atoms with Gasteiger partial charge in [-0.15, -0.1) is 0 Å². The second-order valence-electron chi connectivity index (χ2n) is 11.7. The molecule has 1 heteroatoms. The largest absolute Gasteiger partial charge is 0.393 e. The van der Waals surface area contributed by atoms with Crippen molar-refractivity contribution in [2.75, 3.05) is 0 Å². The van der Waals surface area contributed by atoms with E-state index in [2.05, 4.69) is 32.0 Å². The molecule has 1 aromatic rings. The van der Waals surface area contributed by atoms with Crippen LogP contribution in [0.2, 0.25) is 0 Å². The fourth-order valence-corrected chi connectivity index (χ4v) is 7.53. The van der Waals surface area contributed by atoms with Gasteiger partial charge in [0.05, 0.1) is 6.10 Å². The fraction of sp³-hybridized carbons (Fsp3) is 0.806. The SMILES string of the molecule is CCCCCC1CCC(C2CCC(c3ccc(C4CCC(O)CC4)c(CC)c3)CC2)CC1. The van der Waals surface area contributed by atoms with Gasteiger partial charge in [-0.2, -0.15) is 0 Å². The van der Waals surface area contributed by atoms with Gasteiger partial charge in [-0.05, 0) is 117 Å². The van der Waals surface area contributed by atoms with Crippen LogP contribution in [0.15, 0.2) is 18.2 Å². The number of aliphatic hydroxyl groups is 1. The fourth-order valence-electron chi connectivity index (χ4n) is 7.53. The van der Waals surface area contributed by atoms with Gasteiger partial charge in [0.1, 0.15) is 0 Å². The quantitative estimate of drug-likeness (QED) is 0.402. The molecule has 1 N–H and O–H groups in total. The van der Waals surface area contributed by atoms with Crippen LogP contribution < -0.4 is 0 Å². The minimum atomic E-state index is -0.0538. The van der Waals surface area contributed by atoms with Gasteiger partial charge in [-0.3, -0.25) is 0 Å². The molecule has 0 aliphatic heterocycles. The molecule has 1 nitrogen and oxygen atoms in total. The summed E-state index contributed by atoms with van der Waals surface area (Å²) in [4.78, 5) is 0. The summed E-state index contributed by atoms with van der Waals surface area (Å²) >= 11 is 0. The first-order valence-corrected chi connectivity index (χ1v) is 14.5. The summed E-state index contributed by atoms with van der Waals surface area (Å²) in [5.41, 5.74) is 4.81. The van der Waals surface area contributed by atoms with Crippen molar-refractivity contribution in [2.24, 2.45) is 17.8 Å². The zero-order chi connectivity index (χ0) is 22.3. The van der Waals surface area contributed by atoms with Crippen LogP contribution in [0.4, 0.5) is 0 Å². The molecule has 3 aliphatic rings. The molecule has 32 heavy (non-hydrogen) atoms. The van der Waals surface area contributed by atoms with E-state index in [-0.39, 0.29) is 6.10 Å². The van der Waals surface area contributed by atoms with Crippen LogP contribution >= 0.6 is 0 Å². The van der Waals surface area contributed by atoms with Crippen molar-refractivity contribution in [3.05, 3.63) is 34.9 Å². The maximum atomic E-state index is 9.89. The molecule has 0 unspecified atom stereocenters. The number of hydrogen-bond acceptors (Lipinski definition) is 1. The standard InChI is InChI=1S/C31H50O/c1-3-5-6-7-23-8-10-25(11-9-23)26-12-14-27(15-13-26)29-18-21-31(24(4-2)22-29)28-16-19-30(32)20-17-28/h18,21-23,25-28,30,32H,3-17,19-20H2,1-2H3. The third-order valence-corrected chi connectivity index (χ3v) is 9.70. The molecule has 3 aliphatic carbocycles. The molecule has 3 saturated carbocycles. The molecule has 0 spiro atoms. The molecule has 0 aromatic heterocycles. The Kier molecular flexibility index (Phi) is 9.15. The number of unbranched alkanes of at least 4 members (excludes halogenated alkanes) is 2. The summed E-state index contributed by atoms with van der Waals surface area (Å²) in [6, 6.07) is 7.53. The van der Waals surface area contributed by atoms with Gasteiger partial charge in [0, 0.05) is 0 Å². The lowest BCUT2D eigenvalue weighted by Crippen LogP contribution is -2.25. The van der Waals surface area contributed by atoms with Gasteiger partial charge in [0.2, 0.25) is 0 Å². The lowest BCUT2D eigenvalue weighted by Gasteiger charge is -2.38.